The fourth-order valence-electron chi connectivity index (χ4n) is 1.66. The maximum atomic E-state index is 12.9. The minimum Gasteiger partial charge on any atom is -0.478 e. The zero-order chi connectivity index (χ0) is 15.4. The van der Waals surface area contributed by atoms with Crippen LogP contribution in [0.25, 0.3) is 6.08 Å². The van der Waals surface area contributed by atoms with E-state index in [1.165, 1.54) is 46.6 Å². The molecule has 0 saturated heterocycles. The van der Waals surface area contributed by atoms with Crippen LogP contribution in [0.4, 0.5) is 10.1 Å². The van der Waals surface area contributed by atoms with Gasteiger partial charge >= 0.3 is 5.97 Å². The Morgan fingerprint density at radius 2 is 1.86 bits per heavy atom. The standard InChI is InChI=1S/C15H12FNO3S/c1-17(11-4-2-10(16)3-5-11)15(20)13-8-6-12(21-13)7-9-14(18)19/h2-9H,1H3,(H,18,19). The topological polar surface area (TPSA) is 57.6 Å². The Bertz CT molecular complexity index is 691. The van der Waals surface area contributed by atoms with Gasteiger partial charge in [0.15, 0.2) is 0 Å². The van der Waals surface area contributed by atoms with E-state index in [1.54, 1.807) is 19.2 Å². The predicted octanol–water partition coefficient (Wildman–Crippen LogP) is 3.26. The van der Waals surface area contributed by atoms with Gasteiger partial charge in [0, 0.05) is 23.7 Å². The molecule has 0 aliphatic heterocycles. The van der Waals surface area contributed by atoms with Crippen molar-refractivity contribution in [3.8, 4) is 0 Å². The summed E-state index contributed by atoms with van der Waals surface area (Å²) in [5.74, 6) is -1.64. The molecule has 4 nitrogen and oxygen atoms in total. The van der Waals surface area contributed by atoms with Gasteiger partial charge in [-0.25, -0.2) is 9.18 Å². The lowest BCUT2D eigenvalue weighted by molar-refractivity contribution is -0.131. The van der Waals surface area contributed by atoms with Crippen molar-refractivity contribution in [3.63, 3.8) is 0 Å². The minimum atomic E-state index is -1.04. The number of hydrogen-bond donors (Lipinski definition) is 1. The van der Waals surface area contributed by atoms with Gasteiger partial charge in [-0.05, 0) is 42.5 Å². The normalized spacial score (nSPS) is 10.8. The maximum Gasteiger partial charge on any atom is 0.328 e. The molecule has 108 valence electrons. The number of benzene rings is 1. The molecule has 2 aromatic rings. The largest absolute Gasteiger partial charge is 0.478 e. The van der Waals surface area contributed by atoms with Gasteiger partial charge in [-0.15, -0.1) is 11.3 Å². The van der Waals surface area contributed by atoms with Crippen molar-refractivity contribution in [2.75, 3.05) is 11.9 Å². The number of carbonyl (C=O) groups excluding carboxylic acids is 1. The smallest absolute Gasteiger partial charge is 0.328 e. The number of amides is 1. The van der Waals surface area contributed by atoms with Crippen LogP contribution >= 0.6 is 11.3 Å². The molecule has 1 aromatic carbocycles. The van der Waals surface area contributed by atoms with Crippen molar-refractivity contribution in [3.05, 3.63) is 58.0 Å². The molecule has 0 bridgehead atoms. The highest BCUT2D eigenvalue weighted by molar-refractivity contribution is 7.15. The average molecular weight is 305 g/mol. The van der Waals surface area contributed by atoms with Gasteiger partial charge < -0.3 is 10.0 Å². The monoisotopic (exact) mass is 305 g/mol. The zero-order valence-corrected chi connectivity index (χ0v) is 11.9. The lowest BCUT2D eigenvalue weighted by atomic mass is 10.3. The molecule has 1 heterocycles. The van der Waals surface area contributed by atoms with E-state index in [4.69, 9.17) is 5.11 Å². The zero-order valence-electron chi connectivity index (χ0n) is 11.1. The van der Waals surface area contributed by atoms with E-state index < -0.39 is 5.97 Å². The first-order valence-electron chi connectivity index (χ1n) is 6.02. The number of nitrogens with zero attached hydrogens (tertiary/aromatic N) is 1. The second-order valence-corrected chi connectivity index (χ2v) is 5.33. The third kappa shape index (κ3) is 3.76. The second-order valence-electron chi connectivity index (χ2n) is 4.21. The third-order valence-electron chi connectivity index (χ3n) is 2.75. The highest BCUT2D eigenvalue weighted by Crippen LogP contribution is 2.22. The summed E-state index contributed by atoms with van der Waals surface area (Å²) >= 11 is 1.19. The molecule has 0 spiro atoms. The van der Waals surface area contributed by atoms with E-state index in [1.807, 2.05) is 0 Å². The Hall–Kier alpha value is -2.47. The van der Waals surface area contributed by atoms with Gasteiger partial charge in [0.1, 0.15) is 5.82 Å². The van der Waals surface area contributed by atoms with Crippen LogP contribution in [0.1, 0.15) is 14.5 Å². The lowest BCUT2D eigenvalue weighted by Crippen LogP contribution is -2.25. The Balaban J connectivity index is 2.16. The molecule has 0 unspecified atom stereocenters. The summed E-state index contributed by atoms with van der Waals surface area (Å²) < 4.78 is 12.9. The summed E-state index contributed by atoms with van der Waals surface area (Å²) in [5.41, 5.74) is 0.581. The van der Waals surface area contributed by atoms with Crippen molar-refractivity contribution in [1.29, 1.82) is 0 Å². The lowest BCUT2D eigenvalue weighted by Gasteiger charge is -2.16. The van der Waals surface area contributed by atoms with Crippen molar-refractivity contribution in [2.24, 2.45) is 0 Å². The number of thiophene rings is 1. The molecule has 0 saturated carbocycles. The van der Waals surface area contributed by atoms with E-state index in [0.717, 1.165) is 6.08 Å². The summed E-state index contributed by atoms with van der Waals surface area (Å²) in [4.78, 5) is 25.3. The second kappa shape index (κ2) is 6.32. The van der Waals surface area contributed by atoms with Gasteiger partial charge in [0.2, 0.25) is 0 Å². The molecular formula is C15H12FNO3S. The summed E-state index contributed by atoms with van der Waals surface area (Å²) in [6.45, 7) is 0. The Labute approximate surface area is 124 Å². The third-order valence-corrected chi connectivity index (χ3v) is 3.78. The van der Waals surface area contributed by atoms with Gasteiger partial charge in [0.25, 0.3) is 5.91 Å². The van der Waals surface area contributed by atoms with Crippen molar-refractivity contribution in [1.82, 2.24) is 0 Å². The highest BCUT2D eigenvalue weighted by Gasteiger charge is 2.15. The van der Waals surface area contributed by atoms with Gasteiger partial charge in [0.05, 0.1) is 4.88 Å². The molecule has 21 heavy (non-hydrogen) atoms. The number of anilines is 1. The number of carboxylic acid groups (broad SMARTS) is 1. The maximum absolute atomic E-state index is 12.9. The van der Waals surface area contributed by atoms with E-state index in [-0.39, 0.29) is 11.7 Å². The quantitative estimate of drug-likeness (QED) is 0.882. The fourth-order valence-corrected chi connectivity index (χ4v) is 2.54. The minimum absolute atomic E-state index is 0.235. The van der Waals surface area contributed by atoms with E-state index >= 15 is 0 Å². The molecule has 0 radical (unpaired) electrons. The number of hydrogen-bond acceptors (Lipinski definition) is 3. The van der Waals surface area contributed by atoms with Crippen LogP contribution in [0.3, 0.4) is 0 Å². The molecule has 1 N–H and O–H groups in total. The van der Waals surface area contributed by atoms with Gasteiger partial charge in [-0.2, -0.15) is 0 Å². The summed E-state index contributed by atoms with van der Waals surface area (Å²) in [6, 6.07) is 8.92. The number of carbonyl (C=O) groups is 2. The van der Waals surface area contributed by atoms with Gasteiger partial charge in [-0.3, -0.25) is 4.79 Å². The Kier molecular flexibility index (Phi) is 4.49. The van der Waals surface area contributed by atoms with E-state index in [0.29, 0.717) is 15.4 Å². The van der Waals surface area contributed by atoms with Crippen LogP contribution in [0.15, 0.2) is 42.5 Å². The highest BCUT2D eigenvalue weighted by atomic mass is 32.1. The van der Waals surface area contributed by atoms with Crippen molar-refractivity contribution < 1.29 is 19.1 Å². The van der Waals surface area contributed by atoms with Gasteiger partial charge in [-0.1, -0.05) is 0 Å². The molecule has 0 fully saturated rings. The summed E-state index contributed by atoms with van der Waals surface area (Å²) in [6.07, 6.45) is 2.45. The molecule has 6 heteroatoms. The first-order chi connectivity index (χ1) is 9.97. The van der Waals surface area contributed by atoms with Crippen LogP contribution < -0.4 is 4.90 Å². The number of halogens is 1. The Morgan fingerprint density at radius 1 is 1.19 bits per heavy atom. The van der Waals surface area contributed by atoms with Crippen LogP contribution in [-0.2, 0) is 4.79 Å². The molecule has 2 rings (SSSR count). The average Bonchev–Trinajstić information content (AvgIpc) is 2.93. The summed E-state index contributed by atoms with van der Waals surface area (Å²) in [5, 5.41) is 8.56. The van der Waals surface area contributed by atoms with Crippen molar-refractivity contribution >= 4 is 35.0 Å². The first-order valence-corrected chi connectivity index (χ1v) is 6.83. The van der Waals surface area contributed by atoms with Crippen LogP contribution in [0.5, 0.6) is 0 Å². The molecule has 0 atom stereocenters. The number of aliphatic carboxylic acids is 1. The molecule has 0 aliphatic carbocycles. The van der Waals surface area contributed by atoms with Crippen molar-refractivity contribution in [2.45, 2.75) is 0 Å². The van der Waals surface area contributed by atoms with Crippen LogP contribution in [0.2, 0.25) is 0 Å². The first kappa shape index (κ1) is 14.9. The summed E-state index contributed by atoms with van der Waals surface area (Å²) in [7, 11) is 1.60. The molecule has 1 aromatic heterocycles. The number of rotatable bonds is 4. The molecule has 0 aliphatic rings. The Morgan fingerprint density at radius 3 is 2.48 bits per heavy atom. The fraction of sp³-hybridized carbons (Fsp3) is 0.0667. The predicted molar refractivity (Wildman–Crippen MR) is 80.1 cm³/mol. The van der Waals surface area contributed by atoms with E-state index in [9.17, 15) is 14.0 Å². The van der Waals surface area contributed by atoms with E-state index in [2.05, 4.69) is 0 Å². The number of carboxylic acids is 1. The molecule has 1 amide bonds. The van der Waals surface area contributed by atoms with Crippen LogP contribution in [0, 0.1) is 5.82 Å². The van der Waals surface area contributed by atoms with Crippen LogP contribution in [-0.4, -0.2) is 24.0 Å². The molecular weight excluding hydrogens is 293 g/mol. The SMILES string of the molecule is CN(C(=O)c1ccc(C=CC(=O)O)s1)c1ccc(F)cc1.